The molecule has 28 heavy (non-hydrogen) atoms. The molecule has 4 nitrogen and oxygen atoms in total. The number of aromatic carboxylic acids is 2. The molecule has 0 aliphatic carbocycles. The van der Waals surface area contributed by atoms with E-state index in [1.807, 2.05) is 6.07 Å². The van der Waals surface area contributed by atoms with Gasteiger partial charge in [0, 0.05) is 0 Å². The SMILES string of the molecule is CCCCCCCCCCCc1c(CCCCC)ccc(C(=O)O)c1C(=O)O. The Morgan fingerprint density at radius 2 is 1.18 bits per heavy atom. The molecule has 0 saturated carbocycles. The Hall–Kier alpha value is -1.84. The number of hydrogen-bond acceptors (Lipinski definition) is 2. The molecule has 0 saturated heterocycles. The summed E-state index contributed by atoms with van der Waals surface area (Å²) < 4.78 is 0. The Morgan fingerprint density at radius 3 is 1.71 bits per heavy atom. The van der Waals surface area contributed by atoms with Crippen molar-refractivity contribution in [1.29, 1.82) is 0 Å². The van der Waals surface area contributed by atoms with E-state index in [4.69, 9.17) is 0 Å². The number of carboxylic acids is 2. The van der Waals surface area contributed by atoms with Gasteiger partial charge in [0.1, 0.15) is 0 Å². The van der Waals surface area contributed by atoms with Crippen LogP contribution in [0.1, 0.15) is 123 Å². The number of unbranched alkanes of at least 4 members (excludes halogenated alkanes) is 10. The van der Waals surface area contributed by atoms with E-state index >= 15 is 0 Å². The molecule has 158 valence electrons. The number of rotatable bonds is 16. The first kappa shape index (κ1) is 24.2. The van der Waals surface area contributed by atoms with Crippen LogP contribution in [-0.2, 0) is 12.8 Å². The van der Waals surface area contributed by atoms with Crippen molar-refractivity contribution >= 4 is 11.9 Å². The predicted molar refractivity (Wildman–Crippen MR) is 115 cm³/mol. The lowest BCUT2D eigenvalue weighted by molar-refractivity contribution is 0.0650. The molecule has 0 atom stereocenters. The lowest BCUT2D eigenvalue weighted by Crippen LogP contribution is -2.14. The van der Waals surface area contributed by atoms with E-state index in [9.17, 15) is 19.8 Å². The summed E-state index contributed by atoms with van der Waals surface area (Å²) in [5.41, 5.74) is 1.67. The molecular formula is C24H38O4. The fourth-order valence-corrected chi connectivity index (χ4v) is 3.81. The van der Waals surface area contributed by atoms with Crippen LogP contribution in [0.15, 0.2) is 12.1 Å². The Labute approximate surface area is 170 Å². The molecule has 1 aromatic carbocycles. The molecule has 0 heterocycles. The summed E-state index contributed by atoms with van der Waals surface area (Å²) in [7, 11) is 0. The summed E-state index contributed by atoms with van der Waals surface area (Å²) in [4.78, 5) is 23.3. The van der Waals surface area contributed by atoms with Crippen LogP contribution >= 0.6 is 0 Å². The first-order valence-electron chi connectivity index (χ1n) is 11.1. The second kappa shape index (κ2) is 14.2. The van der Waals surface area contributed by atoms with Gasteiger partial charge in [0.25, 0.3) is 0 Å². The fourth-order valence-electron chi connectivity index (χ4n) is 3.81. The second-order valence-corrected chi connectivity index (χ2v) is 7.77. The number of benzene rings is 1. The molecule has 4 heteroatoms. The molecule has 2 N–H and O–H groups in total. The van der Waals surface area contributed by atoms with Gasteiger partial charge in [-0.2, -0.15) is 0 Å². The number of carboxylic acid groups (broad SMARTS) is 2. The zero-order chi connectivity index (χ0) is 20.8. The highest BCUT2D eigenvalue weighted by Crippen LogP contribution is 2.25. The lowest BCUT2D eigenvalue weighted by atomic mass is 9.89. The highest BCUT2D eigenvalue weighted by Gasteiger charge is 2.22. The Balaban J connectivity index is 2.72. The monoisotopic (exact) mass is 390 g/mol. The number of hydrogen-bond donors (Lipinski definition) is 2. The maximum atomic E-state index is 11.8. The molecule has 0 aliphatic rings. The molecule has 0 amide bonds. The summed E-state index contributed by atoms with van der Waals surface area (Å²) >= 11 is 0. The van der Waals surface area contributed by atoms with Crippen molar-refractivity contribution in [2.75, 3.05) is 0 Å². The first-order chi connectivity index (χ1) is 13.5. The van der Waals surface area contributed by atoms with Crippen LogP contribution in [0.4, 0.5) is 0 Å². The van der Waals surface area contributed by atoms with Crippen molar-refractivity contribution in [3.8, 4) is 0 Å². The van der Waals surface area contributed by atoms with Gasteiger partial charge in [0.05, 0.1) is 11.1 Å². The number of carbonyl (C=O) groups is 2. The van der Waals surface area contributed by atoms with Crippen molar-refractivity contribution in [2.24, 2.45) is 0 Å². The molecule has 0 aliphatic heterocycles. The minimum Gasteiger partial charge on any atom is -0.478 e. The lowest BCUT2D eigenvalue weighted by Gasteiger charge is -2.15. The Bertz CT molecular complexity index is 607. The highest BCUT2D eigenvalue weighted by molar-refractivity contribution is 6.03. The van der Waals surface area contributed by atoms with Crippen molar-refractivity contribution in [2.45, 2.75) is 104 Å². The zero-order valence-corrected chi connectivity index (χ0v) is 17.8. The van der Waals surface area contributed by atoms with Crippen LogP contribution in [-0.4, -0.2) is 22.2 Å². The number of aryl methyl sites for hydroxylation is 1. The highest BCUT2D eigenvalue weighted by atomic mass is 16.4. The van der Waals surface area contributed by atoms with Gasteiger partial charge in [0.15, 0.2) is 0 Å². The molecule has 0 radical (unpaired) electrons. The van der Waals surface area contributed by atoms with Crippen LogP contribution in [0.25, 0.3) is 0 Å². The zero-order valence-electron chi connectivity index (χ0n) is 17.8. The standard InChI is InChI=1S/C24H38O4/c1-3-5-7-8-9-10-11-12-14-16-20-19(15-13-6-4-2)17-18-21(23(25)26)22(20)24(27)28/h17-18H,3-16H2,1-2H3,(H,25,26)(H,27,28). The van der Waals surface area contributed by atoms with Crippen molar-refractivity contribution < 1.29 is 19.8 Å². The molecular weight excluding hydrogens is 352 g/mol. The van der Waals surface area contributed by atoms with Gasteiger partial charge < -0.3 is 10.2 Å². The van der Waals surface area contributed by atoms with Crippen LogP contribution in [0.5, 0.6) is 0 Å². The fraction of sp³-hybridized carbons (Fsp3) is 0.667. The molecule has 1 aromatic rings. The summed E-state index contributed by atoms with van der Waals surface area (Å²) in [5, 5.41) is 19.1. The average Bonchev–Trinajstić information content (AvgIpc) is 2.66. The Morgan fingerprint density at radius 1 is 0.679 bits per heavy atom. The van der Waals surface area contributed by atoms with Gasteiger partial charge in [-0.25, -0.2) is 9.59 Å². The van der Waals surface area contributed by atoms with Crippen molar-refractivity contribution in [3.05, 3.63) is 34.4 Å². The van der Waals surface area contributed by atoms with E-state index in [2.05, 4.69) is 13.8 Å². The third kappa shape index (κ3) is 8.45. The van der Waals surface area contributed by atoms with Gasteiger partial charge >= 0.3 is 11.9 Å². The third-order valence-electron chi connectivity index (χ3n) is 5.43. The first-order valence-corrected chi connectivity index (χ1v) is 11.1. The quantitative estimate of drug-likeness (QED) is 0.301. The van der Waals surface area contributed by atoms with Gasteiger partial charge in [-0.3, -0.25) is 0 Å². The van der Waals surface area contributed by atoms with E-state index in [1.165, 1.54) is 44.6 Å². The van der Waals surface area contributed by atoms with Crippen LogP contribution in [0, 0.1) is 0 Å². The van der Waals surface area contributed by atoms with Crippen molar-refractivity contribution in [3.63, 3.8) is 0 Å². The van der Waals surface area contributed by atoms with Gasteiger partial charge in [0.2, 0.25) is 0 Å². The maximum absolute atomic E-state index is 11.8. The van der Waals surface area contributed by atoms with E-state index in [-0.39, 0.29) is 11.1 Å². The minimum atomic E-state index is -1.16. The predicted octanol–water partition coefficient (Wildman–Crippen LogP) is 6.89. The van der Waals surface area contributed by atoms with Gasteiger partial charge in [-0.15, -0.1) is 0 Å². The summed E-state index contributed by atoms with van der Waals surface area (Å²) in [6, 6.07) is 3.29. The maximum Gasteiger partial charge on any atom is 0.336 e. The van der Waals surface area contributed by atoms with E-state index < -0.39 is 11.9 Å². The molecule has 0 spiro atoms. The van der Waals surface area contributed by atoms with E-state index in [0.29, 0.717) is 6.42 Å². The summed E-state index contributed by atoms with van der Waals surface area (Å²) in [6.45, 7) is 4.36. The van der Waals surface area contributed by atoms with Gasteiger partial charge in [-0.1, -0.05) is 84.1 Å². The summed E-state index contributed by atoms with van der Waals surface area (Å²) in [6.07, 6.45) is 15.5. The second-order valence-electron chi connectivity index (χ2n) is 7.77. The van der Waals surface area contributed by atoms with E-state index in [1.54, 1.807) is 0 Å². The largest absolute Gasteiger partial charge is 0.478 e. The molecule has 0 fully saturated rings. The topological polar surface area (TPSA) is 74.6 Å². The molecule has 0 unspecified atom stereocenters. The van der Waals surface area contributed by atoms with Gasteiger partial charge in [-0.05, 0) is 42.9 Å². The van der Waals surface area contributed by atoms with Crippen LogP contribution in [0.3, 0.4) is 0 Å². The Kier molecular flexibility index (Phi) is 12.3. The van der Waals surface area contributed by atoms with E-state index in [0.717, 1.165) is 56.1 Å². The third-order valence-corrected chi connectivity index (χ3v) is 5.43. The minimum absolute atomic E-state index is 0.000985. The van der Waals surface area contributed by atoms with Crippen molar-refractivity contribution in [1.82, 2.24) is 0 Å². The van der Waals surface area contributed by atoms with Crippen LogP contribution < -0.4 is 0 Å². The molecule has 1 rings (SSSR count). The summed E-state index contributed by atoms with van der Waals surface area (Å²) in [5.74, 6) is -2.29. The molecule has 0 bridgehead atoms. The molecule has 0 aromatic heterocycles. The van der Waals surface area contributed by atoms with Crippen LogP contribution in [0.2, 0.25) is 0 Å². The smallest absolute Gasteiger partial charge is 0.336 e. The normalized spacial score (nSPS) is 10.9. The average molecular weight is 391 g/mol.